The lowest BCUT2D eigenvalue weighted by Crippen LogP contribution is -2.56. The van der Waals surface area contributed by atoms with Gasteiger partial charge in [-0.25, -0.2) is 0 Å². The summed E-state index contributed by atoms with van der Waals surface area (Å²) in [6.45, 7) is 0.470. The van der Waals surface area contributed by atoms with Crippen LogP contribution in [0, 0.1) is 0 Å². The van der Waals surface area contributed by atoms with Crippen LogP contribution in [0.4, 0.5) is 13.2 Å². The molecule has 1 aromatic carbocycles. The first-order valence-electron chi connectivity index (χ1n) is 7.15. The van der Waals surface area contributed by atoms with Gasteiger partial charge in [-0.2, -0.15) is 13.2 Å². The molecule has 0 atom stereocenters. The molecule has 0 radical (unpaired) electrons. The average molecular weight is 369 g/mol. The number of nitrogens with two attached hydrogens (primary N) is 1. The molecular weight excluding hydrogens is 349 g/mol. The quantitative estimate of drug-likeness (QED) is 0.855. The van der Waals surface area contributed by atoms with E-state index < -0.39 is 23.2 Å². The molecule has 1 amide bonds. The van der Waals surface area contributed by atoms with E-state index in [2.05, 4.69) is 5.32 Å². The summed E-state index contributed by atoms with van der Waals surface area (Å²) in [6.07, 6.45) is -3.85. The van der Waals surface area contributed by atoms with Crippen LogP contribution in [0.25, 0.3) is 0 Å². The van der Waals surface area contributed by atoms with E-state index in [9.17, 15) is 18.0 Å². The van der Waals surface area contributed by atoms with Gasteiger partial charge in [-0.3, -0.25) is 4.79 Å². The van der Waals surface area contributed by atoms with E-state index in [4.69, 9.17) is 15.2 Å². The van der Waals surface area contributed by atoms with E-state index in [-0.39, 0.29) is 30.3 Å². The summed E-state index contributed by atoms with van der Waals surface area (Å²) >= 11 is 0. The van der Waals surface area contributed by atoms with Gasteiger partial charge in [0.25, 0.3) is 0 Å². The van der Waals surface area contributed by atoms with Crippen molar-refractivity contribution < 1.29 is 27.4 Å². The Balaban J connectivity index is 0.00000288. The maximum Gasteiger partial charge on any atom is 0.416 e. The van der Waals surface area contributed by atoms with Crippen LogP contribution in [0.15, 0.2) is 18.2 Å². The third-order valence-electron chi connectivity index (χ3n) is 3.90. The molecule has 1 aliphatic heterocycles. The summed E-state index contributed by atoms with van der Waals surface area (Å²) in [5.41, 5.74) is 4.03. The molecule has 1 fully saturated rings. The maximum atomic E-state index is 13.1. The Morgan fingerprint density at radius 3 is 2.54 bits per heavy atom. The van der Waals surface area contributed by atoms with Crippen molar-refractivity contribution in [2.24, 2.45) is 5.73 Å². The molecule has 0 aromatic heterocycles. The molecule has 1 aliphatic rings. The molecule has 0 saturated carbocycles. The van der Waals surface area contributed by atoms with Gasteiger partial charge in [0, 0.05) is 19.8 Å². The first-order chi connectivity index (χ1) is 10.8. The number of methoxy groups -OCH3 is 1. The molecule has 9 heteroatoms. The van der Waals surface area contributed by atoms with Crippen LogP contribution in [-0.4, -0.2) is 31.8 Å². The Bertz CT molecular complexity index is 576. The van der Waals surface area contributed by atoms with E-state index in [0.717, 1.165) is 6.07 Å². The van der Waals surface area contributed by atoms with Gasteiger partial charge in [0.15, 0.2) is 0 Å². The highest BCUT2D eigenvalue weighted by molar-refractivity contribution is 5.86. The molecular formula is C15H20ClF3N2O3. The molecule has 0 bridgehead atoms. The third-order valence-corrected chi connectivity index (χ3v) is 3.90. The molecule has 24 heavy (non-hydrogen) atoms. The van der Waals surface area contributed by atoms with Crippen molar-refractivity contribution in [3.63, 3.8) is 0 Å². The number of alkyl halides is 3. The molecule has 5 nitrogen and oxygen atoms in total. The summed E-state index contributed by atoms with van der Waals surface area (Å²) in [5.74, 6) is -0.364. The highest BCUT2D eigenvalue weighted by atomic mass is 35.5. The Labute approximate surface area is 144 Å². The fraction of sp³-hybridized carbons (Fsp3) is 0.533. The lowest BCUT2D eigenvalue weighted by atomic mass is 9.90. The van der Waals surface area contributed by atoms with Gasteiger partial charge in [-0.1, -0.05) is 6.07 Å². The topological polar surface area (TPSA) is 73.6 Å². The van der Waals surface area contributed by atoms with Gasteiger partial charge in [0.1, 0.15) is 5.75 Å². The summed E-state index contributed by atoms with van der Waals surface area (Å²) in [4.78, 5) is 12.2. The summed E-state index contributed by atoms with van der Waals surface area (Å²) in [6, 6.07) is 3.62. The van der Waals surface area contributed by atoms with Gasteiger partial charge < -0.3 is 20.5 Å². The fourth-order valence-corrected chi connectivity index (χ4v) is 2.41. The van der Waals surface area contributed by atoms with Gasteiger partial charge in [-0.05, 0) is 30.5 Å². The minimum absolute atomic E-state index is 0. The second-order valence-electron chi connectivity index (χ2n) is 5.47. The standard InChI is InChI=1S/C15H19F3N2O3.ClH/c1-22-11-3-2-10(12(8-11)15(16,17)18)9-20-13(21)14(19)4-6-23-7-5-14;/h2-3,8H,4-7,9,19H2,1H3,(H,20,21);1H. The highest BCUT2D eigenvalue weighted by Gasteiger charge is 2.37. The summed E-state index contributed by atoms with van der Waals surface area (Å²) in [7, 11) is 1.29. The predicted molar refractivity (Wildman–Crippen MR) is 84.1 cm³/mol. The van der Waals surface area contributed by atoms with Crippen LogP contribution in [0.3, 0.4) is 0 Å². The number of amides is 1. The van der Waals surface area contributed by atoms with E-state index in [1.165, 1.54) is 19.2 Å². The average Bonchev–Trinajstić information content (AvgIpc) is 2.52. The number of halogens is 4. The van der Waals surface area contributed by atoms with Crippen LogP contribution >= 0.6 is 12.4 Å². The first-order valence-corrected chi connectivity index (χ1v) is 7.15. The lowest BCUT2D eigenvalue weighted by molar-refractivity contribution is -0.139. The molecule has 3 N–H and O–H groups in total. The maximum absolute atomic E-state index is 13.1. The van der Waals surface area contributed by atoms with Crippen molar-refractivity contribution in [1.29, 1.82) is 0 Å². The molecule has 0 spiro atoms. The monoisotopic (exact) mass is 368 g/mol. The van der Waals surface area contributed by atoms with Crippen molar-refractivity contribution in [3.05, 3.63) is 29.3 Å². The van der Waals surface area contributed by atoms with E-state index >= 15 is 0 Å². The van der Waals surface area contributed by atoms with Crippen LogP contribution in [0.5, 0.6) is 5.75 Å². The molecule has 2 rings (SSSR count). The third kappa shape index (κ3) is 4.75. The second-order valence-corrected chi connectivity index (χ2v) is 5.47. The molecule has 136 valence electrons. The van der Waals surface area contributed by atoms with Gasteiger partial charge in [0.2, 0.25) is 5.91 Å². The normalized spacial score (nSPS) is 16.9. The van der Waals surface area contributed by atoms with Crippen LogP contribution in [-0.2, 0) is 22.3 Å². The van der Waals surface area contributed by atoms with Gasteiger partial charge in [0.05, 0.1) is 18.2 Å². The fourth-order valence-electron chi connectivity index (χ4n) is 2.41. The zero-order valence-corrected chi connectivity index (χ0v) is 13.9. The van der Waals surface area contributed by atoms with Crippen LogP contribution in [0.2, 0.25) is 0 Å². The zero-order chi connectivity index (χ0) is 17.1. The smallest absolute Gasteiger partial charge is 0.416 e. The number of carbonyl (C=O) groups is 1. The Kier molecular flexibility index (Phi) is 6.88. The Hall–Kier alpha value is -1.51. The van der Waals surface area contributed by atoms with Crippen molar-refractivity contribution in [2.75, 3.05) is 20.3 Å². The molecule has 0 unspecified atom stereocenters. The number of benzene rings is 1. The van der Waals surface area contributed by atoms with Crippen molar-refractivity contribution in [2.45, 2.75) is 31.1 Å². The second kappa shape index (κ2) is 8.04. The first kappa shape index (κ1) is 20.5. The molecule has 0 aliphatic carbocycles. The van der Waals surface area contributed by atoms with E-state index in [0.29, 0.717) is 26.1 Å². The molecule has 1 saturated heterocycles. The number of nitrogens with one attached hydrogen (secondary N) is 1. The molecule has 1 aromatic rings. The minimum Gasteiger partial charge on any atom is -0.497 e. The summed E-state index contributed by atoms with van der Waals surface area (Å²) in [5, 5.41) is 2.50. The van der Waals surface area contributed by atoms with Crippen LogP contribution < -0.4 is 15.8 Å². The summed E-state index contributed by atoms with van der Waals surface area (Å²) < 4.78 is 49.3. The minimum atomic E-state index is -4.53. The highest BCUT2D eigenvalue weighted by Crippen LogP contribution is 2.34. The van der Waals surface area contributed by atoms with Crippen LogP contribution in [0.1, 0.15) is 24.0 Å². The Morgan fingerprint density at radius 2 is 2.00 bits per heavy atom. The largest absolute Gasteiger partial charge is 0.497 e. The lowest BCUT2D eigenvalue weighted by Gasteiger charge is -2.31. The number of carbonyl (C=O) groups excluding carboxylic acids is 1. The molecule has 1 heterocycles. The van der Waals surface area contributed by atoms with E-state index in [1.54, 1.807) is 0 Å². The SMILES string of the molecule is COc1ccc(CNC(=O)C2(N)CCOCC2)c(C(F)(F)F)c1.Cl. The van der Waals surface area contributed by atoms with Gasteiger partial charge in [-0.15, -0.1) is 12.4 Å². The number of rotatable bonds is 4. The van der Waals surface area contributed by atoms with E-state index in [1.807, 2.05) is 0 Å². The zero-order valence-electron chi connectivity index (χ0n) is 13.1. The Morgan fingerprint density at radius 1 is 1.38 bits per heavy atom. The predicted octanol–water partition coefficient (Wildman–Crippen LogP) is 2.26. The van der Waals surface area contributed by atoms with Gasteiger partial charge >= 0.3 is 6.18 Å². The number of hydrogen-bond acceptors (Lipinski definition) is 4. The number of hydrogen-bond donors (Lipinski definition) is 2. The van der Waals surface area contributed by atoms with Crippen molar-refractivity contribution in [3.8, 4) is 5.75 Å². The number of ether oxygens (including phenoxy) is 2. The van der Waals surface area contributed by atoms with Crippen molar-refractivity contribution >= 4 is 18.3 Å². The van der Waals surface area contributed by atoms with Crippen molar-refractivity contribution in [1.82, 2.24) is 5.32 Å².